The van der Waals surface area contributed by atoms with Crippen molar-refractivity contribution in [3.05, 3.63) is 132 Å². The number of nitrogens with zero attached hydrogens (tertiary/aromatic N) is 2. The Balaban J connectivity index is 1.76. The van der Waals surface area contributed by atoms with Crippen molar-refractivity contribution in [3.8, 4) is 0 Å². The predicted molar refractivity (Wildman–Crippen MR) is 145 cm³/mol. The maximum absolute atomic E-state index is 13.9. The molecule has 0 saturated carbocycles. The van der Waals surface area contributed by atoms with E-state index >= 15 is 0 Å². The standard InChI is InChI=1S/C30H23FN2O5S/c1-3-38-29(36)24-25(19-7-5-4-6-8-19)32-30-33(26(24)20-13-15-22(31)16-14-20)27(34)23(39-30)17-18-9-11-21(12-10-18)28(35)37-2/h4-17,26H,3H2,1-2H3/b23-17-/t26-/m1/s1. The van der Waals surface area contributed by atoms with E-state index in [4.69, 9.17) is 14.5 Å². The molecule has 1 atom stereocenters. The summed E-state index contributed by atoms with van der Waals surface area (Å²) in [5.74, 6) is -1.51. The Labute approximate surface area is 226 Å². The second-order valence-corrected chi connectivity index (χ2v) is 9.61. The summed E-state index contributed by atoms with van der Waals surface area (Å²) in [6.07, 6.45) is 1.70. The molecule has 0 aliphatic carbocycles. The molecule has 2 heterocycles. The molecule has 39 heavy (non-hydrogen) atoms. The van der Waals surface area contributed by atoms with Crippen LogP contribution in [0, 0.1) is 5.82 Å². The quantitative estimate of drug-likeness (QED) is 0.346. The highest BCUT2D eigenvalue weighted by Gasteiger charge is 2.35. The van der Waals surface area contributed by atoms with E-state index in [1.807, 2.05) is 30.3 Å². The molecule has 7 nitrogen and oxygen atoms in total. The first-order valence-electron chi connectivity index (χ1n) is 12.1. The fraction of sp³-hybridized carbons (Fsp3) is 0.133. The van der Waals surface area contributed by atoms with Crippen LogP contribution in [-0.2, 0) is 14.3 Å². The number of fused-ring (bicyclic) bond motifs is 1. The smallest absolute Gasteiger partial charge is 0.338 e. The van der Waals surface area contributed by atoms with Gasteiger partial charge in [-0.3, -0.25) is 9.36 Å². The van der Waals surface area contributed by atoms with Crippen molar-refractivity contribution in [2.75, 3.05) is 13.7 Å². The summed E-state index contributed by atoms with van der Waals surface area (Å²) in [4.78, 5) is 44.1. The van der Waals surface area contributed by atoms with Gasteiger partial charge in [0.25, 0.3) is 5.56 Å². The Kier molecular flexibility index (Phi) is 7.33. The summed E-state index contributed by atoms with van der Waals surface area (Å²) in [6, 6.07) is 20.6. The Hall–Kier alpha value is -4.63. The topological polar surface area (TPSA) is 87.0 Å². The van der Waals surface area contributed by atoms with E-state index in [1.54, 1.807) is 49.4 Å². The maximum Gasteiger partial charge on any atom is 0.338 e. The maximum atomic E-state index is 13.9. The molecule has 0 N–H and O–H groups in total. The molecule has 0 bridgehead atoms. The van der Waals surface area contributed by atoms with E-state index < -0.39 is 23.8 Å². The highest BCUT2D eigenvalue weighted by Crippen LogP contribution is 2.35. The van der Waals surface area contributed by atoms with E-state index in [2.05, 4.69) is 0 Å². The Morgan fingerprint density at radius 2 is 1.69 bits per heavy atom. The molecule has 1 aromatic heterocycles. The number of halogens is 1. The highest BCUT2D eigenvalue weighted by atomic mass is 32.1. The zero-order chi connectivity index (χ0) is 27.5. The molecule has 4 aromatic rings. The molecule has 0 saturated heterocycles. The number of methoxy groups -OCH3 is 1. The molecule has 0 amide bonds. The monoisotopic (exact) mass is 542 g/mol. The summed E-state index contributed by atoms with van der Waals surface area (Å²) in [5.41, 5.74) is 2.52. The lowest BCUT2D eigenvalue weighted by atomic mass is 9.93. The van der Waals surface area contributed by atoms with Crippen LogP contribution in [-0.4, -0.2) is 30.2 Å². The third-order valence-electron chi connectivity index (χ3n) is 6.19. The zero-order valence-corrected chi connectivity index (χ0v) is 21.9. The molecule has 196 valence electrons. The molecule has 5 rings (SSSR count). The number of rotatable bonds is 6. The average molecular weight is 543 g/mol. The van der Waals surface area contributed by atoms with Crippen LogP contribution in [0.25, 0.3) is 11.8 Å². The van der Waals surface area contributed by atoms with Gasteiger partial charge in [0, 0.05) is 5.56 Å². The minimum absolute atomic E-state index is 0.131. The van der Waals surface area contributed by atoms with Crippen LogP contribution in [0.5, 0.6) is 0 Å². The van der Waals surface area contributed by atoms with Gasteiger partial charge in [-0.2, -0.15) is 0 Å². The van der Waals surface area contributed by atoms with Gasteiger partial charge in [-0.15, -0.1) is 0 Å². The van der Waals surface area contributed by atoms with Crippen LogP contribution in [0.15, 0.2) is 94.2 Å². The summed E-state index contributed by atoms with van der Waals surface area (Å²) >= 11 is 1.18. The van der Waals surface area contributed by atoms with Crippen LogP contribution >= 0.6 is 11.3 Å². The van der Waals surface area contributed by atoms with Crippen LogP contribution in [0.3, 0.4) is 0 Å². The molecule has 0 radical (unpaired) electrons. The molecule has 9 heteroatoms. The molecule has 1 aliphatic heterocycles. The number of ether oxygens (including phenoxy) is 2. The molecular formula is C30H23FN2O5S. The Morgan fingerprint density at radius 1 is 1.00 bits per heavy atom. The third-order valence-corrected chi connectivity index (χ3v) is 7.17. The van der Waals surface area contributed by atoms with Gasteiger partial charge in [0.2, 0.25) is 0 Å². The Morgan fingerprint density at radius 3 is 2.33 bits per heavy atom. The van der Waals surface area contributed by atoms with Crippen molar-refractivity contribution in [1.82, 2.24) is 4.57 Å². The first kappa shape index (κ1) is 26.0. The summed E-state index contributed by atoms with van der Waals surface area (Å²) < 4.78 is 25.9. The highest BCUT2D eigenvalue weighted by molar-refractivity contribution is 7.07. The van der Waals surface area contributed by atoms with Crippen molar-refractivity contribution in [2.45, 2.75) is 13.0 Å². The van der Waals surface area contributed by atoms with Crippen LogP contribution in [0.4, 0.5) is 4.39 Å². The lowest BCUT2D eigenvalue weighted by Gasteiger charge is -2.25. The molecule has 3 aromatic carbocycles. The summed E-state index contributed by atoms with van der Waals surface area (Å²) in [5, 5.41) is 0. The normalized spacial score (nSPS) is 14.9. The van der Waals surface area contributed by atoms with Gasteiger partial charge in [0.05, 0.1) is 41.1 Å². The first-order chi connectivity index (χ1) is 18.9. The van der Waals surface area contributed by atoms with Crippen LogP contribution < -0.4 is 14.9 Å². The number of hydrogen-bond donors (Lipinski definition) is 0. The van der Waals surface area contributed by atoms with Gasteiger partial charge in [0.15, 0.2) is 4.80 Å². The van der Waals surface area contributed by atoms with E-state index in [0.29, 0.717) is 37.3 Å². The van der Waals surface area contributed by atoms with Crippen molar-refractivity contribution >= 4 is 35.0 Å². The van der Waals surface area contributed by atoms with Gasteiger partial charge >= 0.3 is 11.9 Å². The van der Waals surface area contributed by atoms with Gasteiger partial charge < -0.3 is 9.47 Å². The van der Waals surface area contributed by atoms with Gasteiger partial charge in [-0.25, -0.2) is 19.0 Å². The lowest BCUT2D eigenvalue weighted by molar-refractivity contribution is -0.138. The van der Waals surface area contributed by atoms with Crippen LogP contribution in [0.2, 0.25) is 0 Å². The molecule has 0 spiro atoms. The number of hydrogen-bond acceptors (Lipinski definition) is 7. The minimum atomic E-state index is -0.889. The van der Waals surface area contributed by atoms with Crippen molar-refractivity contribution in [1.29, 1.82) is 0 Å². The SMILES string of the molecule is CCOC(=O)C1=C(c2ccccc2)N=c2s/c(=C\c3ccc(C(=O)OC)cc3)c(=O)n2[C@@H]1c1ccc(F)cc1. The number of benzene rings is 3. The fourth-order valence-electron chi connectivity index (χ4n) is 4.39. The van der Waals surface area contributed by atoms with E-state index in [9.17, 15) is 18.8 Å². The van der Waals surface area contributed by atoms with E-state index in [-0.39, 0.29) is 17.7 Å². The third kappa shape index (κ3) is 5.08. The average Bonchev–Trinajstić information content (AvgIpc) is 3.27. The number of esters is 2. The predicted octanol–water partition coefficient (Wildman–Crippen LogP) is 3.86. The van der Waals surface area contributed by atoms with E-state index in [0.717, 1.165) is 0 Å². The van der Waals surface area contributed by atoms with Crippen molar-refractivity contribution in [3.63, 3.8) is 0 Å². The van der Waals surface area contributed by atoms with Crippen LogP contribution in [0.1, 0.15) is 40.0 Å². The Bertz CT molecular complexity index is 1760. The molecule has 1 aliphatic rings. The van der Waals surface area contributed by atoms with Gasteiger partial charge in [-0.05, 0) is 48.4 Å². The molecule has 0 unspecified atom stereocenters. The lowest BCUT2D eigenvalue weighted by Crippen LogP contribution is -2.40. The van der Waals surface area contributed by atoms with Crippen molar-refractivity contribution < 1.29 is 23.5 Å². The first-order valence-corrected chi connectivity index (χ1v) is 12.9. The minimum Gasteiger partial charge on any atom is -0.465 e. The molecular weight excluding hydrogens is 519 g/mol. The second-order valence-electron chi connectivity index (χ2n) is 8.60. The number of thiazole rings is 1. The zero-order valence-electron chi connectivity index (χ0n) is 21.1. The van der Waals surface area contributed by atoms with Gasteiger partial charge in [0.1, 0.15) is 5.82 Å². The fourth-order valence-corrected chi connectivity index (χ4v) is 5.39. The number of aromatic nitrogens is 1. The van der Waals surface area contributed by atoms with Crippen molar-refractivity contribution in [2.24, 2.45) is 4.99 Å². The molecule has 0 fully saturated rings. The number of carbonyl (C=O) groups is 2. The summed E-state index contributed by atoms with van der Waals surface area (Å²) in [6.45, 7) is 1.83. The summed E-state index contributed by atoms with van der Waals surface area (Å²) in [7, 11) is 1.31. The van der Waals surface area contributed by atoms with E-state index in [1.165, 1.54) is 35.1 Å². The largest absolute Gasteiger partial charge is 0.465 e. The second kappa shape index (κ2) is 11.0. The number of carbonyl (C=O) groups excluding carboxylic acids is 2. The van der Waals surface area contributed by atoms with Gasteiger partial charge in [-0.1, -0.05) is 65.9 Å².